The van der Waals surface area contributed by atoms with Crippen molar-refractivity contribution in [2.45, 2.75) is 58.7 Å². The van der Waals surface area contributed by atoms with Crippen LogP contribution in [-0.2, 0) is 4.79 Å². The van der Waals surface area contributed by atoms with Crippen LogP contribution in [0, 0.1) is 5.92 Å². The monoisotopic (exact) mass is 505 g/mol. The average molecular weight is 506 g/mol. The van der Waals surface area contributed by atoms with E-state index >= 15 is 0 Å². The van der Waals surface area contributed by atoms with Gasteiger partial charge >= 0.3 is 0 Å². The quantitative estimate of drug-likeness (QED) is 0.563. The predicted molar refractivity (Wildman–Crippen MR) is 151 cm³/mol. The van der Waals surface area contributed by atoms with Crippen molar-refractivity contribution < 1.29 is 11.0 Å². The van der Waals surface area contributed by atoms with Gasteiger partial charge in [0, 0.05) is 50.5 Å². The summed E-state index contributed by atoms with van der Waals surface area (Å²) in [5.74, 6) is 0.217. The van der Waals surface area contributed by atoms with Gasteiger partial charge in [-0.15, -0.1) is 0 Å². The Morgan fingerprint density at radius 3 is 2.43 bits per heavy atom. The molecule has 2 fully saturated rings. The smallest absolute Gasteiger partial charge is 0.254 e. The number of anilines is 1. The molecule has 2 heterocycles. The van der Waals surface area contributed by atoms with Crippen LogP contribution < -0.4 is 10.7 Å². The lowest BCUT2D eigenvalue weighted by Crippen LogP contribution is -2.49. The molecular weight excluding hydrogens is 462 g/mol. The molecule has 1 saturated carbocycles. The highest BCUT2D eigenvalue weighted by atomic mass is 16.2. The van der Waals surface area contributed by atoms with Gasteiger partial charge in [0.25, 0.3) is 5.91 Å². The molecule has 1 aliphatic carbocycles. The van der Waals surface area contributed by atoms with E-state index in [-0.39, 0.29) is 37.3 Å². The third-order valence-corrected chi connectivity index (χ3v) is 7.14. The van der Waals surface area contributed by atoms with E-state index in [1.54, 1.807) is 0 Å². The highest BCUT2D eigenvalue weighted by Crippen LogP contribution is 2.34. The van der Waals surface area contributed by atoms with Crippen molar-refractivity contribution in [3.05, 3.63) is 77.5 Å². The van der Waals surface area contributed by atoms with Crippen LogP contribution in [0.25, 0.3) is 0 Å². The molecule has 2 atom stereocenters. The fourth-order valence-electron chi connectivity index (χ4n) is 4.88. The Bertz CT molecular complexity index is 1120. The highest BCUT2D eigenvalue weighted by Gasteiger charge is 2.34. The summed E-state index contributed by atoms with van der Waals surface area (Å²) in [4.78, 5) is 30.8. The molecule has 2 amide bonds. The van der Waals surface area contributed by atoms with Gasteiger partial charge in [-0.3, -0.25) is 9.59 Å². The summed E-state index contributed by atoms with van der Waals surface area (Å²) in [6, 6.07) is 16.1. The number of nitrogens with zero attached hydrogens (tertiary/aromatic N) is 3. The Balaban J connectivity index is 0.00000130. The Labute approximate surface area is 223 Å². The van der Waals surface area contributed by atoms with E-state index < -0.39 is 0 Å². The second-order valence-corrected chi connectivity index (χ2v) is 10.2. The number of nitrogens with one attached hydrogen (secondary N) is 2. The van der Waals surface area contributed by atoms with Crippen molar-refractivity contribution in [2.24, 2.45) is 5.92 Å². The van der Waals surface area contributed by atoms with Gasteiger partial charge in [0.15, 0.2) is 0 Å². The van der Waals surface area contributed by atoms with E-state index in [1.807, 2.05) is 61.3 Å². The lowest BCUT2D eigenvalue weighted by Gasteiger charge is -2.40. The van der Waals surface area contributed by atoms with Crippen LogP contribution in [0.15, 0.2) is 60.8 Å². The van der Waals surface area contributed by atoms with Crippen molar-refractivity contribution in [1.29, 1.82) is 0 Å². The molecule has 37 heavy (non-hydrogen) atoms. The van der Waals surface area contributed by atoms with Crippen molar-refractivity contribution >= 4 is 17.5 Å². The predicted octanol–water partition coefficient (Wildman–Crippen LogP) is 5.22. The van der Waals surface area contributed by atoms with E-state index in [2.05, 4.69) is 59.8 Å². The largest absolute Gasteiger partial charge is 0.329 e. The first-order chi connectivity index (χ1) is 17.9. The van der Waals surface area contributed by atoms with E-state index in [4.69, 9.17) is 0 Å². The van der Waals surface area contributed by atoms with E-state index in [1.165, 1.54) is 0 Å². The van der Waals surface area contributed by atoms with Crippen molar-refractivity contribution in [2.75, 3.05) is 32.0 Å². The summed E-state index contributed by atoms with van der Waals surface area (Å²) < 4.78 is 0. The molecule has 0 spiro atoms. The molecule has 2 aromatic carbocycles. The van der Waals surface area contributed by atoms with Crippen LogP contribution in [0.4, 0.5) is 5.69 Å². The van der Waals surface area contributed by atoms with E-state index in [0.29, 0.717) is 12.1 Å². The van der Waals surface area contributed by atoms with Gasteiger partial charge in [0.05, 0.1) is 12.1 Å². The minimum absolute atomic E-state index is 0. The maximum absolute atomic E-state index is 14.1. The standard InChI is InChI=1S/C28H35N5O2.C2H6.H2/c1-19(2)33-14-13-25(30-33)24-17-22(29-27(34)21-9-10-21)11-12-23(24)28(35)32-16-15-31(3)18-26(32)20-7-5-4-6-8-20;1-2;/h4-8,11-14,17,19,21,25-26,30H,9-10,15-16,18H2,1-3H3,(H,29,34);1-2H3;1H. The maximum atomic E-state index is 14.1. The van der Waals surface area contributed by atoms with Crippen molar-refractivity contribution in [3.8, 4) is 0 Å². The van der Waals surface area contributed by atoms with Gasteiger partial charge in [-0.1, -0.05) is 44.2 Å². The van der Waals surface area contributed by atoms with E-state index in [0.717, 1.165) is 42.7 Å². The Kier molecular flexibility index (Phi) is 8.67. The molecule has 0 bridgehead atoms. The molecule has 3 aliphatic rings. The minimum atomic E-state index is -0.142. The topological polar surface area (TPSA) is 67.9 Å². The van der Waals surface area contributed by atoms with Crippen molar-refractivity contribution in [1.82, 2.24) is 20.2 Å². The Hall–Kier alpha value is -3.16. The molecule has 2 aliphatic heterocycles. The number of hydrogen-bond acceptors (Lipinski definition) is 5. The number of likely N-dealkylation sites (N-methyl/N-ethyl adjacent to an activating group) is 1. The molecule has 7 nitrogen and oxygen atoms in total. The number of piperazine rings is 1. The van der Waals surface area contributed by atoms with Crippen LogP contribution in [0.5, 0.6) is 0 Å². The van der Waals surface area contributed by atoms with Crippen LogP contribution >= 0.6 is 0 Å². The summed E-state index contributed by atoms with van der Waals surface area (Å²) in [5, 5.41) is 5.10. The first-order valence-corrected chi connectivity index (χ1v) is 13.6. The molecule has 2 unspecified atom stereocenters. The van der Waals surface area contributed by atoms with Gasteiger partial charge in [0.2, 0.25) is 5.91 Å². The fourth-order valence-corrected chi connectivity index (χ4v) is 4.88. The first kappa shape index (κ1) is 26.9. The normalized spacial score (nSPS) is 21.6. The number of carbonyl (C=O) groups excluding carboxylic acids is 2. The van der Waals surface area contributed by atoms with Gasteiger partial charge in [-0.25, -0.2) is 5.43 Å². The minimum Gasteiger partial charge on any atom is -0.329 e. The summed E-state index contributed by atoms with van der Waals surface area (Å²) in [6.07, 6.45) is 6.02. The first-order valence-electron chi connectivity index (χ1n) is 13.6. The molecular formula is C30H43N5O2. The maximum Gasteiger partial charge on any atom is 0.254 e. The number of hydrazine groups is 1. The number of rotatable bonds is 6. The zero-order chi connectivity index (χ0) is 26.5. The highest BCUT2D eigenvalue weighted by molar-refractivity contribution is 5.98. The molecule has 0 aromatic heterocycles. The number of amides is 2. The lowest BCUT2D eigenvalue weighted by molar-refractivity contribution is -0.117. The molecule has 2 N–H and O–H groups in total. The fraction of sp³-hybridized carbons (Fsp3) is 0.467. The van der Waals surface area contributed by atoms with E-state index in [9.17, 15) is 9.59 Å². The van der Waals surface area contributed by atoms with Gasteiger partial charge < -0.3 is 20.1 Å². The van der Waals surface area contributed by atoms with Crippen LogP contribution in [0.3, 0.4) is 0 Å². The SMILES string of the molecule is CC.CC(C)N1C=CC(c2cc(NC(=O)C3CC3)ccc2C(=O)N2CCN(C)CC2c2ccccc2)N1.[HH]. The molecule has 1 saturated heterocycles. The summed E-state index contributed by atoms with van der Waals surface area (Å²) >= 11 is 0. The second-order valence-electron chi connectivity index (χ2n) is 10.2. The molecule has 200 valence electrons. The molecule has 7 heteroatoms. The van der Waals surface area contributed by atoms with Crippen molar-refractivity contribution in [3.63, 3.8) is 0 Å². The third kappa shape index (κ3) is 6.22. The average Bonchev–Trinajstić information content (AvgIpc) is 3.66. The van der Waals surface area contributed by atoms with Crippen LogP contribution in [0.1, 0.15) is 75.5 Å². The number of benzene rings is 2. The second kappa shape index (κ2) is 11.9. The lowest BCUT2D eigenvalue weighted by atomic mass is 9.96. The number of carbonyl (C=O) groups is 2. The summed E-state index contributed by atoms with van der Waals surface area (Å²) in [7, 11) is 2.11. The van der Waals surface area contributed by atoms with Gasteiger partial charge in [-0.05, 0) is 69.1 Å². The number of hydrogen-bond donors (Lipinski definition) is 2. The summed E-state index contributed by atoms with van der Waals surface area (Å²) in [6.45, 7) is 10.5. The zero-order valence-electron chi connectivity index (χ0n) is 22.8. The summed E-state index contributed by atoms with van der Waals surface area (Å²) in [5.41, 5.74) is 6.94. The zero-order valence-corrected chi connectivity index (χ0v) is 22.8. The van der Waals surface area contributed by atoms with Gasteiger partial charge in [-0.2, -0.15) is 0 Å². The molecule has 5 rings (SSSR count). The third-order valence-electron chi connectivity index (χ3n) is 7.14. The van der Waals surface area contributed by atoms with Gasteiger partial charge in [0.1, 0.15) is 0 Å². The van der Waals surface area contributed by atoms with Crippen LogP contribution in [0.2, 0.25) is 0 Å². The Morgan fingerprint density at radius 2 is 1.78 bits per heavy atom. The Morgan fingerprint density at radius 1 is 1.05 bits per heavy atom. The molecule has 2 aromatic rings. The van der Waals surface area contributed by atoms with Crippen LogP contribution in [-0.4, -0.2) is 59.3 Å². The molecule has 0 radical (unpaired) electrons.